The van der Waals surface area contributed by atoms with Crippen LogP contribution >= 0.6 is 0 Å². The highest BCUT2D eigenvalue weighted by molar-refractivity contribution is 5.81. The fourth-order valence-corrected chi connectivity index (χ4v) is 0.615. The second-order valence-corrected chi connectivity index (χ2v) is 2.55. The lowest BCUT2D eigenvalue weighted by molar-refractivity contribution is -0.138. The van der Waals surface area contributed by atoms with Crippen molar-refractivity contribution in [3.63, 3.8) is 0 Å². The van der Waals surface area contributed by atoms with E-state index in [9.17, 15) is 31.5 Å². The summed E-state index contributed by atoms with van der Waals surface area (Å²) in [6.45, 7) is 0. The van der Waals surface area contributed by atoms with Crippen molar-refractivity contribution in [2.75, 3.05) is 0 Å². The van der Waals surface area contributed by atoms with E-state index in [1.165, 1.54) is 0 Å². The van der Waals surface area contributed by atoms with Gasteiger partial charge in [-0.05, 0) is 0 Å². The van der Waals surface area contributed by atoms with Crippen molar-refractivity contribution in [3.8, 4) is 0 Å². The Morgan fingerprint density at radius 1 is 1.06 bits per heavy atom. The zero-order chi connectivity index (χ0) is 13.6. The SMILES string of the molecule is Fc1cc(F)c(F)c(F)c1F.O=CCC(=O)O. The molecule has 1 N–H and O–H groups in total. The van der Waals surface area contributed by atoms with Crippen molar-refractivity contribution < 1.29 is 36.6 Å². The van der Waals surface area contributed by atoms with Gasteiger partial charge in [-0.25, -0.2) is 22.0 Å². The van der Waals surface area contributed by atoms with Gasteiger partial charge in [0.2, 0.25) is 5.82 Å². The highest BCUT2D eigenvalue weighted by atomic mass is 19.2. The third-order valence-electron chi connectivity index (χ3n) is 1.32. The van der Waals surface area contributed by atoms with Gasteiger partial charge in [0.25, 0.3) is 0 Å². The number of aliphatic carboxylic acids is 1. The Morgan fingerprint density at radius 2 is 1.47 bits per heavy atom. The minimum absolute atomic E-state index is 0.0618. The fraction of sp³-hybridized carbons (Fsp3) is 0.111. The Hall–Kier alpha value is -1.99. The maximum absolute atomic E-state index is 12.0. The van der Waals surface area contributed by atoms with E-state index in [4.69, 9.17) is 5.11 Å². The van der Waals surface area contributed by atoms with E-state index < -0.39 is 35.1 Å². The second kappa shape index (κ2) is 6.56. The van der Waals surface area contributed by atoms with Crippen LogP contribution in [-0.2, 0) is 9.59 Å². The third kappa shape index (κ3) is 4.58. The van der Waals surface area contributed by atoms with Crippen LogP contribution in [0.25, 0.3) is 0 Å². The van der Waals surface area contributed by atoms with Crippen molar-refractivity contribution in [2.24, 2.45) is 0 Å². The Labute approximate surface area is 91.5 Å². The smallest absolute Gasteiger partial charge is 0.310 e. The van der Waals surface area contributed by atoms with Crippen LogP contribution in [0.2, 0.25) is 0 Å². The van der Waals surface area contributed by atoms with Gasteiger partial charge < -0.3 is 9.90 Å². The van der Waals surface area contributed by atoms with E-state index in [2.05, 4.69) is 0 Å². The Balaban J connectivity index is 0.000000366. The normalized spacial score (nSPS) is 9.24. The topological polar surface area (TPSA) is 54.4 Å². The predicted octanol–water partition coefficient (Wildman–Crippen LogP) is 2.04. The van der Waals surface area contributed by atoms with Gasteiger partial charge >= 0.3 is 5.97 Å². The predicted molar refractivity (Wildman–Crippen MR) is 44.5 cm³/mol. The molecule has 0 aromatic heterocycles. The molecular formula is C9H5F5O3. The van der Waals surface area contributed by atoms with Crippen LogP contribution in [0.4, 0.5) is 22.0 Å². The maximum atomic E-state index is 12.0. The van der Waals surface area contributed by atoms with Gasteiger partial charge in [-0.2, -0.15) is 0 Å². The van der Waals surface area contributed by atoms with E-state index >= 15 is 0 Å². The molecule has 1 aromatic rings. The van der Waals surface area contributed by atoms with Crippen LogP contribution in [0, 0.1) is 29.1 Å². The summed E-state index contributed by atoms with van der Waals surface area (Å²) in [6.07, 6.45) is -0.0394. The van der Waals surface area contributed by atoms with Gasteiger partial charge in [-0.1, -0.05) is 0 Å². The molecule has 0 aliphatic heterocycles. The number of halogens is 5. The molecule has 0 saturated carbocycles. The van der Waals surface area contributed by atoms with Crippen molar-refractivity contribution >= 4 is 12.3 Å². The summed E-state index contributed by atoms with van der Waals surface area (Å²) in [5, 5.41) is 7.68. The van der Waals surface area contributed by atoms with Gasteiger partial charge in [0, 0.05) is 6.07 Å². The number of hydrogen-bond acceptors (Lipinski definition) is 2. The van der Waals surface area contributed by atoms with Crippen LogP contribution in [0.1, 0.15) is 6.42 Å². The highest BCUT2D eigenvalue weighted by Crippen LogP contribution is 2.16. The summed E-state index contributed by atoms with van der Waals surface area (Å²) < 4.78 is 60.0. The van der Waals surface area contributed by atoms with Crippen LogP contribution in [0.15, 0.2) is 6.07 Å². The lowest BCUT2D eigenvalue weighted by Crippen LogP contribution is -1.98. The molecule has 0 saturated heterocycles. The number of rotatable bonds is 2. The Kier molecular flexibility index (Phi) is 5.79. The van der Waals surface area contributed by atoms with Crippen molar-refractivity contribution in [1.82, 2.24) is 0 Å². The first kappa shape index (κ1) is 15.0. The van der Waals surface area contributed by atoms with Crippen molar-refractivity contribution in [3.05, 3.63) is 35.2 Å². The monoisotopic (exact) mass is 256 g/mol. The van der Waals surface area contributed by atoms with E-state index in [1.807, 2.05) is 0 Å². The first-order chi connectivity index (χ1) is 7.81. The number of aldehydes is 1. The number of benzene rings is 1. The van der Waals surface area contributed by atoms with Gasteiger partial charge in [-0.3, -0.25) is 4.79 Å². The van der Waals surface area contributed by atoms with Crippen molar-refractivity contribution in [2.45, 2.75) is 6.42 Å². The molecule has 0 atom stereocenters. The summed E-state index contributed by atoms with van der Waals surface area (Å²) in [5.41, 5.74) is 0. The Bertz CT molecular complexity index is 407. The number of carbonyl (C=O) groups excluding carboxylic acids is 1. The van der Waals surface area contributed by atoms with Gasteiger partial charge in [0.1, 0.15) is 12.7 Å². The van der Waals surface area contributed by atoms with Crippen LogP contribution in [-0.4, -0.2) is 17.4 Å². The quantitative estimate of drug-likeness (QED) is 0.289. The third-order valence-corrected chi connectivity index (χ3v) is 1.32. The zero-order valence-corrected chi connectivity index (χ0v) is 8.02. The van der Waals surface area contributed by atoms with Crippen molar-refractivity contribution in [1.29, 1.82) is 0 Å². The molecule has 1 aromatic carbocycles. The van der Waals surface area contributed by atoms with Crippen LogP contribution in [0.3, 0.4) is 0 Å². The molecule has 0 aliphatic rings. The summed E-state index contributed by atoms with van der Waals surface area (Å²) in [4.78, 5) is 18.6. The molecule has 0 fully saturated rings. The van der Waals surface area contributed by atoms with Gasteiger partial charge in [0.15, 0.2) is 23.3 Å². The largest absolute Gasteiger partial charge is 0.481 e. The minimum Gasteiger partial charge on any atom is -0.481 e. The van der Waals surface area contributed by atoms with Crippen LogP contribution in [0.5, 0.6) is 0 Å². The second-order valence-electron chi connectivity index (χ2n) is 2.55. The number of carbonyl (C=O) groups is 2. The molecule has 0 amide bonds. The molecule has 0 radical (unpaired) electrons. The summed E-state index contributed by atoms with van der Waals surface area (Å²) in [6, 6.07) is -0.0618. The first-order valence-corrected chi connectivity index (χ1v) is 3.95. The molecule has 0 aliphatic carbocycles. The van der Waals surface area contributed by atoms with E-state index in [0.29, 0.717) is 6.29 Å². The molecule has 0 bridgehead atoms. The Morgan fingerprint density at radius 3 is 1.71 bits per heavy atom. The summed E-state index contributed by atoms with van der Waals surface area (Å²) >= 11 is 0. The van der Waals surface area contributed by atoms with E-state index in [0.717, 1.165) is 0 Å². The lowest BCUT2D eigenvalue weighted by atomic mass is 10.3. The molecule has 94 valence electrons. The number of carboxylic acid groups (broad SMARTS) is 1. The molecule has 3 nitrogen and oxygen atoms in total. The standard InChI is InChI=1S/C6HF5.C3H4O3/c7-2-1-3(8)5(10)6(11)4(2)9;4-2-1-3(5)6/h1H;2H,1H2,(H,5,6). The average Bonchev–Trinajstić information content (AvgIpc) is 2.24. The molecule has 8 heteroatoms. The number of hydrogen-bond donors (Lipinski definition) is 1. The zero-order valence-electron chi connectivity index (χ0n) is 8.02. The van der Waals surface area contributed by atoms with E-state index in [1.54, 1.807) is 0 Å². The molecule has 0 spiro atoms. The minimum atomic E-state index is -2.14. The molecule has 17 heavy (non-hydrogen) atoms. The average molecular weight is 256 g/mol. The summed E-state index contributed by atoms with van der Waals surface area (Å²) in [7, 11) is 0. The lowest BCUT2D eigenvalue weighted by Gasteiger charge is -1.96. The van der Waals surface area contributed by atoms with Crippen LogP contribution < -0.4 is 0 Å². The summed E-state index contributed by atoms with van der Waals surface area (Å²) in [5.74, 6) is -10.7. The highest BCUT2D eigenvalue weighted by Gasteiger charge is 2.18. The molecule has 0 unspecified atom stereocenters. The number of carboxylic acids is 1. The first-order valence-electron chi connectivity index (χ1n) is 3.95. The molecular weight excluding hydrogens is 251 g/mol. The maximum Gasteiger partial charge on any atom is 0.310 e. The molecule has 1 rings (SSSR count). The van der Waals surface area contributed by atoms with Gasteiger partial charge in [-0.15, -0.1) is 0 Å². The van der Waals surface area contributed by atoms with Gasteiger partial charge in [0.05, 0.1) is 0 Å². The van der Waals surface area contributed by atoms with E-state index in [-0.39, 0.29) is 12.5 Å². The fourth-order valence-electron chi connectivity index (χ4n) is 0.615. The molecule has 0 heterocycles.